The standard InChI is InChI=1S/C16H13Cl2NO2/c1-19(13-5-3-2-4-6-13)16(21)15(20)14(18)11-7-9-12(17)10-8-11/h2-10,14H,1H3/t14-/m1/s1. The van der Waals surface area contributed by atoms with Gasteiger partial charge in [-0.05, 0) is 29.8 Å². The second-order valence-electron chi connectivity index (χ2n) is 4.48. The number of benzene rings is 2. The third-order valence-electron chi connectivity index (χ3n) is 3.05. The van der Waals surface area contributed by atoms with Crippen LogP contribution < -0.4 is 4.90 Å². The molecule has 1 atom stereocenters. The zero-order valence-corrected chi connectivity index (χ0v) is 12.8. The Labute approximate surface area is 133 Å². The molecule has 5 heteroatoms. The van der Waals surface area contributed by atoms with E-state index < -0.39 is 17.1 Å². The summed E-state index contributed by atoms with van der Waals surface area (Å²) in [4.78, 5) is 25.7. The lowest BCUT2D eigenvalue weighted by Gasteiger charge is -2.18. The van der Waals surface area contributed by atoms with Gasteiger partial charge in [0.05, 0.1) is 0 Å². The average molecular weight is 322 g/mol. The number of nitrogens with zero attached hydrogens (tertiary/aromatic N) is 1. The van der Waals surface area contributed by atoms with Gasteiger partial charge in [-0.3, -0.25) is 9.59 Å². The van der Waals surface area contributed by atoms with Gasteiger partial charge < -0.3 is 4.90 Å². The number of rotatable bonds is 4. The molecule has 3 nitrogen and oxygen atoms in total. The molecule has 0 saturated heterocycles. The summed E-state index contributed by atoms with van der Waals surface area (Å²) < 4.78 is 0. The Morgan fingerprint density at radius 1 is 1.00 bits per heavy atom. The maximum Gasteiger partial charge on any atom is 0.296 e. The number of halogens is 2. The largest absolute Gasteiger partial charge is 0.309 e. The minimum atomic E-state index is -1.03. The molecule has 2 aromatic carbocycles. The molecule has 21 heavy (non-hydrogen) atoms. The Kier molecular flexibility index (Phi) is 4.99. The summed E-state index contributed by atoms with van der Waals surface area (Å²) in [6.07, 6.45) is 0. The van der Waals surface area contributed by atoms with Crippen molar-refractivity contribution in [2.75, 3.05) is 11.9 Å². The van der Waals surface area contributed by atoms with Crippen molar-refractivity contribution in [2.45, 2.75) is 5.38 Å². The van der Waals surface area contributed by atoms with Crippen LogP contribution in [-0.4, -0.2) is 18.7 Å². The Hall–Kier alpha value is -1.84. The lowest BCUT2D eigenvalue weighted by atomic mass is 10.1. The summed E-state index contributed by atoms with van der Waals surface area (Å²) in [6.45, 7) is 0. The van der Waals surface area contributed by atoms with Crippen molar-refractivity contribution in [3.63, 3.8) is 0 Å². The third kappa shape index (κ3) is 3.63. The van der Waals surface area contributed by atoms with Crippen LogP contribution in [-0.2, 0) is 9.59 Å². The fraction of sp³-hybridized carbons (Fsp3) is 0.125. The highest BCUT2D eigenvalue weighted by Gasteiger charge is 2.28. The summed E-state index contributed by atoms with van der Waals surface area (Å²) in [5.74, 6) is -1.33. The first-order valence-electron chi connectivity index (χ1n) is 6.27. The van der Waals surface area contributed by atoms with Crippen LogP contribution in [0.4, 0.5) is 5.69 Å². The maximum absolute atomic E-state index is 12.2. The van der Waals surface area contributed by atoms with E-state index >= 15 is 0 Å². The van der Waals surface area contributed by atoms with Crippen molar-refractivity contribution in [3.05, 3.63) is 65.2 Å². The van der Waals surface area contributed by atoms with Crippen LogP contribution in [0.3, 0.4) is 0 Å². The van der Waals surface area contributed by atoms with Crippen molar-refractivity contribution >= 4 is 40.6 Å². The second kappa shape index (κ2) is 6.74. The van der Waals surface area contributed by atoms with E-state index in [1.165, 1.54) is 4.90 Å². The summed E-state index contributed by atoms with van der Waals surface area (Å²) in [7, 11) is 1.54. The second-order valence-corrected chi connectivity index (χ2v) is 5.35. The highest BCUT2D eigenvalue weighted by atomic mass is 35.5. The van der Waals surface area contributed by atoms with Crippen LogP contribution in [0.25, 0.3) is 0 Å². The number of hydrogen-bond acceptors (Lipinski definition) is 2. The zero-order valence-electron chi connectivity index (χ0n) is 11.3. The highest BCUT2D eigenvalue weighted by molar-refractivity contribution is 6.51. The number of hydrogen-bond donors (Lipinski definition) is 0. The smallest absolute Gasteiger partial charge is 0.296 e. The van der Waals surface area contributed by atoms with E-state index in [-0.39, 0.29) is 0 Å². The van der Waals surface area contributed by atoms with Gasteiger partial charge in [0.1, 0.15) is 5.38 Å². The number of carbonyl (C=O) groups excluding carboxylic acids is 2. The summed E-state index contributed by atoms with van der Waals surface area (Å²) in [6, 6.07) is 15.4. The SMILES string of the molecule is CN(C(=O)C(=O)[C@H](Cl)c1ccc(Cl)cc1)c1ccccc1. The van der Waals surface area contributed by atoms with Crippen molar-refractivity contribution in [2.24, 2.45) is 0 Å². The average Bonchev–Trinajstić information content (AvgIpc) is 2.53. The summed E-state index contributed by atoms with van der Waals surface area (Å²) in [5.41, 5.74) is 1.18. The maximum atomic E-state index is 12.2. The summed E-state index contributed by atoms with van der Waals surface area (Å²) >= 11 is 11.9. The summed E-state index contributed by atoms with van der Waals surface area (Å²) in [5, 5.41) is -0.483. The van der Waals surface area contributed by atoms with Gasteiger partial charge in [0.2, 0.25) is 5.78 Å². The van der Waals surface area contributed by atoms with Crippen molar-refractivity contribution in [3.8, 4) is 0 Å². The van der Waals surface area contributed by atoms with E-state index in [1.54, 1.807) is 55.6 Å². The topological polar surface area (TPSA) is 37.4 Å². The number of amides is 1. The van der Waals surface area contributed by atoms with Crippen LogP contribution in [0.2, 0.25) is 5.02 Å². The third-order valence-corrected chi connectivity index (χ3v) is 3.75. The van der Waals surface area contributed by atoms with E-state index in [4.69, 9.17) is 23.2 Å². The van der Waals surface area contributed by atoms with Crippen LogP contribution in [0.15, 0.2) is 54.6 Å². The molecular formula is C16H13Cl2NO2. The molecule has 0 unspecified atom stereocenters. The fourth-order valence-corrected chi connectivity index (χ4v) is 2.19. The van der Waals surface area contributed by atoms with E-state index in [1.807, 2.05) is 6.07 Å². The minimum absolute atomic E-state index is 0.542. The van der Waals surface area contributed by atoms with Gasteiger partial charge in [0.15, 0.2) is 0 Å². The van der Waals surface area contributed by atoms with Gasteiger partial charge in [0, 0.05) is 17.8 Å². The minimum Gasteiger partial charge on any atom is -0.309 e. The van der Waals surface area contributed by atoms with E-state index in [9.17, 15) is 9.59 Å². The first-order valence-corrected chi connectivity index (χ1v) is 7.08. The Morgan fingerprint density at radius 2 is 1.57 bits per heavy atom. The van der Waals surface area contributed by atoms with Gasteiger partial charge in [-0.1, -0.05) is 41.9 Å². The number of carbonyl (C=O) groups is 2. The van der Waals surface area contributed by atoms with Gasteiger partial charge in [-0.15, -0.1) is 11.6 Å². The lowest BCUT2D eigenvalue weighted by molar-refractivity contribution is -0.135. The van der Waals surface area contributed by atoms with Crippen molar-refractivity contribution in [1.82, 2.24) is 0 Å². The van der Waals surface area contributed by atoms with E-state index in [0.29, 0.717) is 16.3 Å². The van der Waals surface area contributed by atoms with Crippen molar-refractivity contribution < 1.29 is 9.59 Å². The molecule has 1 amide bonds. The first-order chi connectivity index (χ1) is 10.0. The molecule has 108 valence electrons. The number of Topliss-reactive ketones (excluding diaryl/α,β-unsaturated/α-hetero) is 1. The predicted octanol–water partition coefficient (Wildman–Crippen LogP) is 3.85. The quantitative estimate of drug-likeness (QED) is 0.633. The molecule has 0 bridgehead atoms. The van der Waals surface area contributed by atoms with Gasteiger partial charge in [-0.25, -0.2) is 0 Å². The predicted molar refractivity (Wildman–Crippen MR) is 84.9 cm³/mol. The molecule has 0 aliphatic rings. The molecule has 0 aromatic heterocycles. The van der Waals surface area contributed by atoms with Gasteiger partial charge >= 0.3 is 0 Å². The fourth-order valence-electron chi connectivity index (χ4n) is 1.83. The van der Waals surface area contributed by atoms with Gasteiger partial charge in [0.25, 0.3) is 5.91 Å². The molecule has 0 aliphatic carbocycles. The molecular weight excluding hydrogens is 309 g/mol. The number of anilines is 1. The van der Waals surface area contributed by atoms with Crippen LogP contribution in [0.5, 0.6) is 0 Å². The number of ketones is 1. The Morgan fingerprint density at radius 3 is 2.14 bits per heavy atom. The lowest BCUT2D eigenvalue weighted by Crippen LogP contribution is -2.35. The first kappa shape index (κ1) is 15.5. The van der Waals surface area contributed by atoms with Gasteiger partial charge in [-0.2, -0.15) is 0 Å². The molecule has 0 aliphatic heterocycles. The normalized spacial score (nSPS) is 11.8. The van der Waals surface area contributed by atoms with Crippen LogP contribution in [0.1, 0.15) is 10.9 Å². The Balaban J connectivity index is 2.15. The number of para-hydroxylation sites is 1. The monoisotopic (exact) mass is 321 g/mol. The molecule has 2 aromatic rings. The molecule has 0 N–H and O–H groups in total. The number of likely N-dealkylation sites (N-methyl/N-ethyl adjacent to an activating group) is 1. The highest BCUT2D eigenvalue weighted by Crippen LogP contribution is 2.24. The molecule has 0 fully saturated rings. The number of alkyl halides is 1. The molecule has 0 heterocycles. The van der Waals surface area contributed by atoms with Crippen LogP contribution in [0, 0.1) is 0 Å². The van der Waals surface area contributed by atoms with E-state index in [2.05, 4.69) is 0 Å². The molecule has 2 rings (SSSR count). The molecule has 0 spiro atoms. The zero-order chi connectivity index (χ0) is 15.4. The van der Waals surface area contributed by atoms with Crippen LogP contribution >= 0.6 is 23.2 Å². The van der Waals surface area contributed by atoms with Crippen molar-refractivity contribution in [1.29, 1.82) is 0 Å². The van der Waals surface area contributed by atoms with E-state index in [0.717, 1.165) is 0 Å². The molecule has 0 radical (unpaired) electrons. The molecule has 0 saturated carbocycles. The Bertz CT molecular complexity index is 641.